The lowest BCUT2D eigenvalue weighted by Crippen LogP contribution is -1.90. The van der Waals surface area contributed by atoms with Crippen LogP contribution in [0.15, 0.2) is 60.3 Å². The van der Waals surface area contributed by atoms with Crippen LogP contribution in [-0.2, 0) is 0 Å². The predicted molar refractivity (Wildman–Crippen MR) is 85.8 cm³/mol. The van der Waals surface area contributed by atoms with Crippen molar-refractivity contribution >= 4 is 16.5 Å². The quantitative estimate of drug-likeness (QED) is 0.673. The maximum atomic E-state index is 14.2. The first-order valence-electron chi connectivity index (χ1n) is 6.75. The number of nitroso groups, excluding NO2 is 1. The Morgan fingerprint density at radius 3 is 2.57 bits per heavy atom. The molecule has 3 aromatic carbocycles. The summed E-state index contributed by atoms with van der Waals surface area (Å²) < 4.78 is 27.4. The fourth-order valence-corrected chi connectivity index (χ4v) is 2.55. The van der Waals surface area contributed by atoms with Crippen molar-refractivity contribution in [1.29, 1.82) is 0 Å². The molecule has 0 spiro atoms. The average molecular weight is 311 g/mol. The third-order valence-electron chi connectivity index (χ3n) is 3.63. The molecular formula is C18H11F2NO2. The summed E-state index contributed by atoms with van der Waals surface area (Å²) in [5.41, 5.74) is 0.823. The largest absolute Gasteiger partial charge is 0.507 e. The van der Waals surface area contributed by atoms with Crippen LogP contribution < -0.4 is 0 Å². The second kappa shape index (κ2) is 5.61. The van der Waals surface area contributed by atoms with Crippen molar-refractivity contribution in [3.05, 3.63) is 77.2 Å². The highest BCUT2D eigenvalue weighted by molar-refractivity contribution is 5.99. The Balaban J connectivity index is 2.34. The van der Waals surface area contributed by atoms with E-state index in [1.807, 2.05) is 0 Å². The number of phenolic OH excluding ortho intramolecular Hbond substituents is 1. The van der Waals surface area contributed by atoms with Crippen LogP contribution in [0.3, 0.4) is 0 Å². The van der Waals surface area contributed by atoms with Crippen LogP contribution >= 0.6 is 0 Å². The summed E-state index contributed by atoms with van der Waals surface area (Å²) >= 11 is 0. The van der Waals surface area contributed by atoms with Gasteiger partial charge in [0.15, 0.2) is 0 Å². The van der Waals surface area contributed by atoms with E-state index < -0.39 is 17.4 Å². The molecule has 0 radical (unpaired) electrons. The smallest absolute Gasteiger partial charge is 0.137 e. The molecule has 0 unspecified atom stereocenters. The van der Waals surface area contributed by atoms with Crippen LogP contribution in [0.25, 0.3) is 27.6 Å². The van der Waals surface area contributed by atoms with Crippen LogP contribution in [0.4, 0.5) is 8.78 Å². The summed E-state index contributed by atoms with van der Waals surface area (Å²) in [4.78, 5) is 10.7. The maximum absolute atomic E-state index is 14.2. The molecule has 0 heterocycles. The summed E-state index contributed by atoms with van der Waals surface area (Å²) in [6.45, 7) is 3.55. The maximum Gasteiger partial charge on any atom is 0.137 e. The molecule has 1 N–H and O–H groups in total. The zero-order chi connectivity index (χ0) is 16.6. The first kappa shape index (κ1) is 14.8. The highest BCUT2D eigenvalue weighted by Crippen LogP contribution is 2.37. The molecule has 23 heavy (non-hydrogen) atoms. The third-order valence-corrected chi connectivity index (χ3v) is 3.63. The first-order valence-corrected chi connectivity index (χ1v) is 6.75. The van der Waals surface area contributed by atoms with Crippen LogP contribution in [0, 0.1) is 16.5 Å². The Bertz CT molecular complexity index is 928. The van der Waals surface area contributed by atoms with Crippen LogP contribution in [0.5, 0.6) is 5.75 Å². The second-order valence-electron chi connectivity index (χ2n) is 5.06. The minimum Gasteiger partial charge on any atom is -0.507 e. The van der Waals surface area contributed by atoms with E-state index in [2.05, 4.69) is 11.8 Å². The van der Waals surface area contributed by atoms with E-state index >= 15 is 0 Å². The van der Waals surface area contributed by atoms with Gasteiger partial charge in [0, 0.05) is 17.7 Å². The molecule has 0 aromatic heterocycles. The van der Waals surface area contributed by atoms with Gasteiger partial charge in [-0.15, -0.1) is 4.91 Å². The van der Waals surface area contributed by atoms with Gasteiger partial charge in [-0.05, 0) is 27.6 Å². The van der Waals surface area contributed by atoms with E-state index in [1.165, 1.54) is 0 Å². The van der Waals surface area contributed by atoms with Crippen molar-refractivity contribution in [3.8, 4) is 16.9 Å². The molecule has 0 saturated carbocycles. The SMILES string of the molecule is C=C(N=O)c1ccc2cccc(-c3c(O)cc(F)cc3F)c2c1. The molecule has 0 aliphatic heterocycles. The molecule has 3 aromatic rings. The number of rotatable bonds is 3. The van der Waals surface area contributed by atoms with Gasteiger partial charge in [-0.3, -0.25) is 0 Å². The topological polar surface area (TPSA) is 49.7 Å². The van der Waals surface area contributed by atoms with E-state index in [0.717, 1.165) is 11.5 Å². The first-order chi connectivity index (χ1) is 11.0. The molecule has 114 valence electrons. The van der Waals surface area contributed by atoms with Crippen molar-refractivity contribution in [1.82, 2.24) is 0 Å². The number of fused-ring (bicyclic) bond motifs is 1. The van der Waals surface area contributed by atoms with Crippen LogP contribution in [0.2, 0.25) is 0 Å². The summed E-state index contributed by atoms with van der Waals surface area (Å²) in [5.74, 6) is -2.22. The van der Waals surface area contributed by atoms with Gasteiger partial charge in [-0.2, -0.15) is 0 Å². The predicted octanol–water partition coefficient (Wildman–Crippen LogP) is 5.23. The van der Waals surface area contributed by atoms with Crippen molar-refractivity contribution in [2.75, 3.05) is 0 Å². The summed E-state index contributed by atoms with van der Waals surface area (Å²) in [7, 11) is 0. The lowest BCUT2D eigenvalue weighted by molar-refractivity contribution is 0.463. The highest BCUT2D eigenvalue weighted by atomic mass is 19.1. The number of benzene rings is 3. The zero-order valence-electron chi connectivity index (χ0n) is 11.9. The number of hydrogen-bond acceptors (Lipinski definition) is 3. The van der Waals surface area contributed by atoms with E-state index in [-0.39, 0.29) is 11.3 Å². The highest BCUT2D eigenvalue weighted by Gasteiger charge is 2.16. The Morgan fingerprint density at radius 2 is 1.87 bits per heavy atom. The molecule has 0 amide bonds. The minimum atomic E-state index is -0.868. The molecule has 0 fully saturated rings. The third kappa shape index (κ3) is 2.57. The standard InChI is InChI=1S/C18H11F2NO2/c1-10(21-23)12-6-5-11-3-2-4-14(15(11)7-12)18-16(20)8-13(19)9-17(18)22/h2-9,22H,1H2. The van der Waals surface area contributed by atoms with Gasteiger partial charge in [-0.25, -0.2) is 8.78 Å². The number of nitrogens with zero attached hydrogens (tertiary/aromatic N) is 1. The van der Waals surface area contributed by atoms with E-state index in [9.17, 15) is 18.8 Å². The van der Waals surface area contributed by atoms with E-state index in [0.29, 0.717) is 22.6 Å². The molecule has 0 aliphatic rings. The summed E-state index contributed by atoms with van der Waals surface area (Å²) in [6, 6.07) is 11.7. The monoisotopic (exact) mass is 311 g/mol. The number of aromatic hydroxyl groups is 1. The lowest BCUT2D eigenvalue weighted by Gasteiger charge is -2.11. The fourth-order valence-electron chi connectivity index (χ4n) is 2.55. The molecule has 3 nitrogen and oxygen atoms in total. The molecule has 0 saturated heterocycles. The van der Waals surface area contributed by atoms with Crippen molar-refractivity contribution in [3.63, 3.8) is 0 Å². The summed E-state index contributed by atoms with van der Waals surface area (Å²) in [6.07, 6.45) is 0. The number of phenols is 1. The van der Waals surface area contributed by atoms with Gasteiger partial charge in [-0.1, -0.05) is 36.9 Å². The van der Waals surface area contributed by atoms with Gasteiger partial charge in [0.2, 0.25) is 0 Å². The van der Waals surface area contributed by atoms with Crippen LogP contribution in [0.1, 0.15) is 5.56 Å². The molecule has 5 heteroatoms. The van der Waals surface area contributed by atoms with Crippen LogP contribution in [-0.4, -0.2) is 5.11 Å². The zero-order valence-corrected chi connectivity index (χ0v) is 11.9. The summed E-state index contributed by atoms with van der Waals surface area (Å²) in [5, 5.41) is 14.1. The Labute approximate surface area is 130 Å². The van der Waals surface area contributed by atoms with Crippen molar-refractivity contribution < 1.29 is 13.9 Å². The van der Waals surface area contributed by atoms with Gasteiger partial charge in [0.1, 0.15) is 23.1 Å². The molecular weight excluding hydrogens is 300 g/mol. The Morgan fingerprint density at radius 1 is 1.09 bits per heavy atom. The molecule has 0 bridgehead atoms. The van der Waals surface area contributed by atoms with Crippen molar-refractivity contribution in [2.45, 2.75) is 0 Å². The molecule has 0 atom stereocenters. The fraction of sp³-hybridized carbons (Fsp3) is 0. The van der Waals surface area contributed by atoms with E-state index in [1.54, 1.807) is 36.4 Å². The Kier molecular flexibility index (Phi) is 3.62. The van der Waals surface area contributed by atoms with Gasteiger partial charge in [0.05, 0.1) is 5.56 Å². The molecule has 3 rings (SSSR count). The van der Waals surface area contributed by atoms with Gasteiger partial charge in [0.25, 0.3) is 0 Å². The average Bonchev–Trinajstić information content (AvgIpc) is 2.53. The Hall–Kier alpha value is -3.08. The minimum absolute atomic E-state index is 0.0468. The molecule has 0 aliphatic carbocycles. The number of halogens is 2. The van der Waals surface area contributed by atoms with E-state index in [4.69, 9.17) is 0 Å². The second-order valence-corrected chi connectivity index (χ2v) is 5.06. The van der Waals surface area contributed by atoms with Crippen molar-refractivity contribution in [2.24, 2.45) is 5.18 Å². The number of hydrogen-bond donors (Lipinski definition) is 1. The van der Waals surface area contributed by atoms with Gasteiger partial charge < -0.3 is 5.11 Å². The van der Waals surface area contributed by atoms with Gasteiger partial charge >= 0.3 is 0 Å². The normalized spacial score (nSPS) is 10.7. The lowest BCUT2D eigenvalue weighted by atomic mass is 9.95.